The number of anilines is 1. The monoisotopic (exact) mass is 423 g/mol. The summed E-state index contributed by atoms with van der Waals surface area (Å²) >= 11 is 7.32. The SMILES string of the molecule is Cc1cc(NC(=O)C(C)(C)C)sc1C(=O)N(C)Cc1cc([N+](=O)[O-])ccc1Cl. The number of hydrogen-bond donors (Lipinski definition) is 1. The molecule has 0 aliphatic rings. The molecule has 1 aromatic heterocycles. The first-order valence-corrected chi connectivity index (χ1v) is 9.69. The Hall–Kier alpha value is -2.45. The molecule has 0 radical (unpaired) electrons. The predicted octanol–water partition coefficient (Wildman–Crippen LogP) is 4.87. The van der Waals surface area contributed by atoms with Crippen LogP contribution in [0.3, 0.4) is 0 Å². The molecule has 0 aliphatic carbocycles. The van der Waals surface area contributed by atoms with Crippen molar-refractivity contribution in [2.45, 2.75) is 34.2 Å². The number of carbonyl (C=O) groups excluding carboxylic acids is 2. The zero-order valence-corrected chi connectivity index (χ0v) is 17.9. The number of nitrogens with zero attached hydrogens (tertiary/aromatic N) is 2. The molecular formula is C19H22ClN3O4S. The molecule has 0 aliphatic heterocycles. The standard InChI is InChI=1S/C19H22ClN3O4S/c1-11-8-15(21-18(25)19(2,3)4)28-16(11)17(24)22(5)10-12-9-13(23(26)27)6-7-14(12)20/h6-9H,10H2,1-5H3,(H,21,25). The van der Waals surface area contributed by atoms with E-state index < -0.39 is 10.3 Å². The molecule has 0 spiro atoms. The third kappa shape index (κ3) is 5.08. The van der Waals surface area contributed by atoms with Crippen molar-refractivity contribution in [2.75, 3.05) is 12.4 Å². The molecule has 0 fully saturated rings. The molecule has 0 atom stereocenters. The molecule has 0 unspecified atom stereocenters. The molecule has 1 aromatic carbocycles. The highest BCUT2D eigenvalue weighted by Gasteiger charge is 2.24. The van der Waals surface area contributed by atoms with Gasteiger partial charge in [-0.1, -0.05) is 32.4 Å². The summed E-state index contributed by atoms with van der Waals surface area (Å²) in [6, 6.07) is 5.89. The highest BCUT2D eigenvalue weighted by Crippen LogP contribution is 2.30. The Morgan fingerprint density at radius 1 is 1.29 bits per heavy atom. The van der Waals surface area contributed by atoms with E-state index in [2.05, 4.69) is 5.32 Å². The fourth-order valence-corrected chi connectivity index (χ4v) is 3.59. The van der Waals surface area contributed by atoms with Gasteiger partial charge in [0.05, 0.1) is 14.8 Å². The number of hydrogen-bond acceptors (Lipinski definition) is 5. The van der Waals surface area contributed by atoms with Gasteiger partial charge in [-0.15, -0.1) is 11.3 Å². The predicted molar refractivity (Wildman–Crippen MR) is 111 cm³/mol. The fraction of sp³-hybridized carbons (Fsp3) is 0.368. The van der Waals surface area contributed by atoms with E-state index in [4.69, 9.17) is 11.6 Å². The van der Waals surface area contributed by atoms with Gasteiger partial charge in [0.25, 0.3) is 11.6 Å². The summed E-state index contributed by atoms with van der Waals surface area (Å²) in [5.41, 5.74) is 0.607. The first-order chi connectivity index (χ1) is 12.9. The van der Waals surface area contributed by atoms with E-state index in [0.29, 0.717) is 20.5 Å². The largest absolute Gasteiger partial charge is 0.337 e. The molecule has 2 rings (SSSR count). The van der Waals surface area contributed by atoms with Crippen molar-refractivity contribution in [1.82, 2.24) is 4.90 Å². The maximum atomic E-state index is 12.8. The number of nitrogens with one attached hydrogen (secondary N) is 1. The van der Waals surface area contributed by atoms with Crippen LogP contribution in [0.1, 0.15) is 41.6 Å². The Labute approximate surface area is 172 Å². The topological polar surface area (TPSA) is 92.6 Å². The van der Waals surface area contributed by atoms with Gasteiger partial charge in [-0.2, -0.15) is 0 Å². The Balaban J connectivity index is 2.19. The first-order valence-electron chi connectivity index (χ1n) is 8.50. The molecule has 1 N–H and O–H groups in total. The summed E-state index contributed by atoms with van der Waals surface area (Å²) in [5, 5.41) is 14.7. The quantitative estimate of drug-likeness (QED) is 0.548. The molecule has 7 nitrogen and oxygen atoms in total. The van der Waals surface area contributed by atoms with E-state index in [0.717, 1.165) is 5.56 Å². The van der Waals surface area contributed by atoms with Gasteiger partial charge < -0.3 is 10.2 Å². The number of non-ortho nitro benzene ring substituents is 1. The van der Waals surface area contributed by atoms with Gasteiger partial charge in [0, 0.05) is 36.2 Å². The number of thiophene rings is 1. The lowest BCUT2D eigenvalue weighted by molar-refractivity contribution is -0.384. The van der Waals surface area contributed by atoms with E-state index in [9.17, 15) is 19.7 Å². The van der Waals surface area contributed by atoms with E-state index in [1.165, 1.54) is 34.4 Å². The number of rotatable bonds is 5. The fourth-order valence-electron chi connectivity index (χ4n) is 2.35. The number of aryl methyl sites for hydroxylation is 1. The van der Waals surface area contributed by atoms with Gasteiger partial charge in [-0.25, -0.2) is 0 Å². The van der Waals surface area contributed by atoms with Crippen LogP contribution in [0.25, 0.3) is 0 Å². The zero-order chi connectivity index (χ0) is 21.2. The van der Waals surface area contributed by atoms with Crippen LogP contribution in [0.5, 0.6) is 0 Å². The second-order valence-corrected chi connectivity index (χ2v) is 8.98. The molecule has 0 saturated carbocycles. The van der Waals surface area contributed by atoms with Crippen LogP contribution in [-0.2, 0) is 11.3 Å². The highest BCUT2D eigenvalue weighted by atomic mass is 35.5. The summed E-state index contributed by atoms with van der Waals surface area (Å²) in [6.07, 6.45) is 0. The zero-order valence-electron chi connectivity index (χ0n) is 16.3. The molecule has 0 bridgehead atoms. The van der Waals surface area contributed by atoms with E-state index in [1.54, 1.807) is 20.0 Å². The number of nitro benzene ring substituents is 1. The summed E-state index contributed by atoms with van der Waals surface area (Å²) in [6.45, 7) is 7.35. The summed E-state index contributed by atoms with van der Waals surface area (Å²) in [7, 11) is 1.60. The second-order valence-electron chi connectivity index (χ2n) is 7.52. The van der Waals surface area contributed by atoms with Crippen molar-refractivity contribution in [3.8, 4) is 0 Å². The number of benzene rings is 1. The van der Waals surface area contributed by atoms with Gasteiger partial charge in [-0.05, 0) is 30.2 Å². The molecule has 28 heavy (non-hydrogen) atoms. The molecular weight excluding hydrogens is 402 g/mol. The van der Waals surface area contributed by atoms with Crippen LogP contribution in [0.15, 0.2) is 24.3 Å². The van der Waals surface area contributed by atoms with Crippen molar-refractivity contribution in [3.63, 3.8) is 0 Å². The molecule has 2 aromatic rings. The van der Waals surface area contributed by atoms with Crippen LogP contribution >= 0.6 is 22.9 Å². The van der Waals surface area contributed by atoms with Crippen LogP contribution in [0.4, 0.5) is 10.7 Å². The van der Waals surface area contributed by atoms with Crippen molar-refractivity contribution < 1.29 is 14.5 Å². The van der Waals surface area contributed by atoms with Gasteiger partial charge in [-0.3, -0.25) is 19.7 Å². The Morgan fingerprint density at radius 3 is 2.50 bits per heavy atom. The van der Waals surface area contributed by atoms with E-state index in [1.807, 2.05) is 20.8 Å². The number of amides is 2. The van der Waals surface area contributed by atoms with Gasteiger partial charge in [0.2, 0.25) is 5.91 Å². The lowest BCUT2D eigenvalue weighted by Crippen LogP contribution is -2.27. The van der Waals surface area contributed by atoms with Crippen molar-refractivity contribution in [3.05, 3.63) is 55.4 Å². The molecule has 0 saturated heterocycles. The Kier molecular flexibility index (Phi) is 6.46. The third-order valence-electron chi connectivity index (χ3n) is 4.02. The van der Waals surface area contributed by atoms with Gasteiger partial charge in [0.15, 0.2) is 0 Å². The smallest absolute Gasteiger partial charge is 0.269 e. The maximum absolute atomic E-state index is 12.8. The Bertz CT molecular complexity index is 934. The van der Waals surface area contributed by atoms with E-state index >= 15 is 0 Å². The summed E-state index contributed by atoms with van der Waals surface area (Å²) in [5.74, 6) is -0.384. The molecule has 2 amide bonds. The Morgan fingerprint density at radius 2 is 1.93 bits per heavy atom. The normalized spacial score (nSPS) is 11.2. The van der Waals surface area contributed by atoms with E-state index in [-0.39, 0.29) is 24.0 Å². The third-order valence-corrected chi connectivity index (χ3v) is 5.53. The molecule has 150 valence electrons. The van der Waals surface area contributed by atoms with Gasteiger partial charge in [0.1, 0.15) is 0 Å². The number of halogens is 1. The summed E-state index contributed by atoms with van der Waals surface area (Å²) < 4.78 is 0. The summed E-state index contributed by atoms with van der Waals surface area (Å²) in [4.78, 5) is 37.4. The minimum atomic E-state index is -0.544. The van der Waals surface area contributed by atoms with Crippen LogP contribution in [0.2, 0.25) is 5.02 Å². The van der Waals surface area contributed by atoms with Crippen molar-refractivity contribution >= 4 is 45.4 Å². The van der Waals surface area contributed by atoms with Crippen molar-refractivity contribution in [2.24, 2.45) is 5.41 Å². The van der Waals surface area contributed by atoms with Crippen molar-refractivity contribution in [1.29, 1.82) is 0 Å². The average molecular weight is 424 g/mol. The lowest BCUT2D eigenvalue weighted by Gasteiger charge is -2.18. The average Bonchev–Trinajstić information content (AvgIpc) is 2.95. The number of nitro groups is 1. The van der Waals surface area contributed by atoms with Crippen LogP contribution < -0.4 is 5.32 Å². The number of carbonyl (C=O) groups is 2. The minimum absolute atomic E-state index is 0.0836. The highest BCUT2D eigenvalue weighted by molar-refractivity contribution is 7.18. The molecule has 9 heteroatoms. The maximum Gasteiger partial charge on any atom is 0.269 e. The minimum Gasteiger partial charge on any atom is -0.337 e. The first kappa shape index (κ1) is 21.8. The second kappa shape index (κ2) is 8.28. The van der Waals surface area contributed by atoms with Crippen LogP contribution in [-0.4, -0.2) is 28.7 Å². The molecule has 1 heterocycles. The lowest BCUT2D eigenvalue weighted by atomic mass is 9.96. The van der Waals surface area contributed by atoms with Gasteiger partial charge >= 0.3 is 0 Å². The van der Waals surface area contributed by atoms with Crippen LogP contribution in [0, 0.1) is 22.5 Å².